The van der Waals surface area contributed by atoms with Crippen molar-refractivity contribution in [3.05, 3.63) is 30.1 Å². The molecule has 1 N–H and O–H groups in total. The van der Waals surface area contributed by atoms with Gasteiger partial charge in [0.05, 0.1) is 19.3 Å². The van der Waals surface area contributed by atoms with E-state index in [0.29, 0.717) is 32.8 Å². The van der Waals surface area contributed by atoms with E-state index >= 15 is 0 Å². The molecular formula is C21H32N4O3. The van der Waals surface area contributed by atoms with E-state index in [2.05, 4.69) is 10.3 Å². The van der Waals surface area contributed by atoms with Crippen LogP contribution < -0.4 is 5.32 Å². The quantitative estimate of drug-likeness (QED) is 0.813. The Morgan fingerprint density at radius 1 is 1.25 bits per heavy atom. The van der Waals surface area contributed by atoms with Crippen LogP contribution in [0.4, 0.5) is 4.79 Å². The van der Waals surface area contributed by atoms with Crippen molar-refractivity contribution in [1.82, 2.24) is 20.1 Å². The topological polar surface area (TPSA) is 74.8 Å². The van der Waals surface area contributed by atoms with Crippen LogP contribution in [0.25, 0.3) is 0 Å². The molecule has 154 valence electrons. The molecule has 1 aliphatic heterocycles. The summed E-state index contributed by atoms with van der Waals surface area (Å²) in [7, 11) is 0. The average Bonchev–Trinajstić information content (AvgIpc) is 2.73. The zero-order valence-corrected chi connectivity index (χ0v) is 16.8. The predicted octanol–water partition coefficient (Wildman–Crippen LogP) is 2.56. The number of hydrogen-bond donors (Lipinski definition) is 1. The molecule has 3 rings (SSSR count). The minimum Gasteiger partial charge on any atom is -0.377 e. The summed E-state index contributed by atoms with van der Waals surface area (Å²) < 4.78 is 5.58. The van der Waals surface area contributed by atoms with E-state index in [0.717, 1.165) is 18.4 Å². The van der Waals surface area contributed by atoms with Gasteiger partial charge in [-0.1, -0.05) is 19.3 Å². The Balaban J connectivity index is 1.57. The first kappa shape index (κ1) is 20.6. The Morgan fingerprint density at radius 2 is 2.00 bits per heavy atom. The summed E-state index contributed by atoms with van der Waals surface area (Å²) in [4.78, 5) is 33.4. The molecule has 7 heteroatoms. The summed E-state index contributed by atoms with van der Waals surface area (Å²) in [6.45, 7) is 4.63. The number of ether oxygens (including phenoxy) is 1. The molecule has 0 aromatic carbocycles. The molecule has 3 amide bonds. The highest BCUT2D eigenvalue weighted by Crippen LogP contribution is 2.19. The molecule has 1 unspecified atom stereocenters. The lowest BCUT2D eigenvalue weighted by Crippen LogP contribution is -2.55. The Bertz CT molecular complexity index is 634. The van der Waals surface area contributed by atoms with Crippen LogP contribution in [-0.2, 0) is 16.1 Å². The summed E-state index contributed by atoms with van der Waals surface area (Å²) in [5.41, 5.74) is 1.05. The van der Waals surface area contributed by atoms with Crippen molar-refractivity contribution in [2.75, 3.05) is 26.3 Å². The lowest BCUT2D eigenvalue weighted by molar-refractivity contribution is -0.134. The second-order valence-electron chi connectivity index (χ2n) is 7.67. The van der Waals surface area contributed by atoms with Gasteiger partial charge in [-0.05, 0) is 37.5 Å². The number of amides is 3. The second-order valence-corrected chi connectivity index (χ2v) is 7.67. The summed E-state index contributed by atoms with van der Waals surface area (Å²) in [5, 5.41) is 3.17. The van der Waals surface area contributed by atoms with Gasteiger partial charge in [0, 0.05) is 44.5 Å². The fourth-order valence-electron chi connectivity index (χ4n) is 4.01. The molecule has 2 fully saturated rings. The van der Waals surface area contributed by atoms with E-state index in [-0.39, 0.29) is 30.4 Å². The van der Waals surface area contributed by atoms with Gasteiger partial charge in [0.1, 0.15) is 0 Å². The molecule has 1 atom stereocenters. The number of pyridine rings is 1. The molecule has 28 heavy (non-hydrogen) atoms. The summed E-state index contributed by atoms with van der Waals surface area (Å²) >= 11 is 0. The number of nitrogens with one attached hydrogen (secondary N) is 1. The van der Waals surface area contributed by atoms with Crippen LogP contribution >= 0.6 is 0 Å². The van der Waals surface area contributed by atoms with Gasteiger partial charge in [-0.15, -0.1) is 0 Å². The van der Waals surface area contributed by atoms with E-state index in [1.165, 1.54) is 19.3 Å². The molecule has 1 saturated carbocycles. The highest BCUT2D eigenvalue weighted by molar-refractivity contribution is 5.79. The lowest BCUT2D eigenvalue weighted by Gasteiger charge is -2.37. The summed E-state index contributed by atoms with van der Waals surface area (Å²) in [5.74, 6) is 0.0466. The number of carbonyl (C=O) groups is 2. The van der Waals surface area contributed by atoms with Crippen molar-refractivity contribution in [1.29, 1.82) is 0 Å². The fraction of sp³-hybridized carbons (Fsp3) is 0.667. The van der Waals surface area contributed by atoms with E-state index < -0.39 is 0 Å². The maximum absolute atomic E-state index is 12.9. The number of morpholine rings is 1. The molecule has 0 bridgehead atoms. The zero-order chi connectivity index (χ0) is 19.8. The minimum atomic E-state index is -0.212. The standard InChI is InChI=1S/C21H32N4O3/c1-2-24(15-17-8-10-22-11-9-17)20(26)14-19-16-28-13-12-25(19)21(27)23-18-6-4-3-5-7-18/h8-11,18-19H,2-7,12-16H2,1H3,(H,23,27). The number of rotatable bonds is 6. The van der Waals surface area contributed by atoms with Crippen LogP contribution in [0.5, 0.6) is 0 Å². The monoisotopic (exact) mass is 388 g/mol. The van der Waals surface area contributed by atoms with E-state index in [1.807, 2.05) is 24.0 Å². The second kappa shape index (κ2) is 10.4. The van der Waals surface area contributed by atoms with Gasteiger partial charge >= 0.3 is 6.03 Å². The molecule has 2 aliphatic rings. The third kappa shape index (κ3) is 5.67. The van der Waals surface area contributed by atoms with Gasteiger partial charge in [0.15, 0.2) is 0 Å². The van der Waals surface area contributed by atoms with Crippen LogP contribution in [0.2, 0.25) is 0 Å². The lowest BCUT2D eigenvalue weighted by atomic mass is 9.96. The Hall–Kier alpha value is -2.15. The van der Waals surface area contributed by atoms with Gasteiger partial charge < -0.3 is 19.9 Å². The third-order valence-electron chi connectivity index (χ3n) is 5.69. The zero-order valence-electron chi connectivity index (χ0n) is 16.8. The maximum atomic E-state index is 12.9. The van der Waals surface area contributed by atoms with Crippen LogP contribution in [0, 0.1) is 0 Å². The van der Waals surface area contributed by atoms with Crippen molar-refractivity contribution in [3.63, 3.8) is 0 Å². The van der Waals surface area contributed by atoms with Crippen LogP contribution in [0.15, 0.2) is 24.5 Å². The normalized spacial score (nSPS) is 20.6. The van der Waals surface area contributed by atoms with Crippen molar-refractivity contribution in [2.45, 2.75) is 64.1 Å². The molecule has 0 radical (unpaired) electrons. The van der Waals surface area contributed by atoms with Crippen molar-refractivity contribution < 1.29 is 14.3 Å². The SMILES string of the molecule is CCN(Cc1ccncc1)C(=O)CC1COCCN1C(=O)NC1CCCCC1. The van der Waals surface area contributed by atoms with Crippen LogP contribution in [-0.4, -0.2) is 65.1 Å². The Labute approximate surface area is 167 Å². The largest absolute Gasteiger partial charge is 0.377 e. The number of hydrogen-bond acceptors (Lipinski definition) is 4. The molecule has 0 spiro atoms. The number of nitrogens with zero attached hydrogens (tertiary/aromatic N) is 3. The smallest absolute Gasteiger partial charge is 0.318 e. The number of carbonyl (C=O) groups excluding carboxylic acids is 2. The molecule has 7 nitrogen and oxygen atoms in total. The first-order valence-electron chi connectivity index (χ1n) is 10.5. The third-order valence-corrected chi connectivity index (χ3v) is 5.69. The van der Waals surface area contributed by atoms with Crippen molar-refractivity contribution >= 4 is 11.9 Å². The van der Waals surface area contributed by atoms with Gasteiger partial charge in [-0.3, -0.25) is 9.78 Å². The van der Waals surface area contributed by atoms with Gasteiger partial charge in [-0.25, -0.2) is 4.79 Å². The molecule has 1 aliphatic carbocycles. The molecule has 1 aromatic heterocycles. The van der Waals surface area contributed by atoms with Crippen molar-refractivity contribution in [3.8, 4) is 0 Å². The molecule has 2 heterocycles. The molecule has 1 aromatic rings. The van der Waals surface area contributed by atoms with Crippen molar-refractivity contribution in [2.24, 2.45) is 0 Å². The van der Waals surface area contributed by atoms with E-state index in [4.69, 9.17) is 4.74 Å². The average molecular weight is 389 g/mol. The maximum Gasteiger partial charge on any atom is 0.318 e. The van der Waals surface area contributed by atoms with Crippen LogP contribution in [0.1, 0.15) is 51.0 Å². The first-order chi connectivity index (χ1) is 13.7. The first-order valence-corrected chi connectivity index (χ1v) is 10.5. The highest BCUT2D eigenvalue weighted by atomic mass is 16.5. The Morgan fingerprint density at radius 3 is 2.71 bits per heavy atom. The minimum absolute atomic E-state index is 0.0466. The van der Waals surface area contributed by atoms with E-state index in [1.54, 1.807) is 17.3 Å². The molecular weight excluding hydrogens is 356 g/mol. The molecule has 1 saturated heterocycles. The Kier molecular flexibility index (Phi) is 7.65. The predicted molar refractivity (Wildman–Crippen MR) is 107 cm³/mol. The number of aromatic nitrogens is 1. The summed E-state index contributed by atoms with van der Waals surface area (Å²) in [6, 6.07) is 3.84. The highest BCUT2D eigenvalue weighted by Gasteiger charge is 2.31. The van der Waals surface area contributed by atoms with Gasteiger partial charge in [-0.2, -0.15) is 0 Å². The van der Waals surface area contributed by atoms with Gasteiger partial charge in [0.25, 0.3) is 0 Å². The van der Waals surface area contributed by atoms with Gasteiger partial charge in [0.2, 0.25) is 5.91 Å². The summed E-state index contributed by atoms with van der Waals surface area (Å²) in [6.07, 6.45) is 9.47. The number of urea groups is 1. The fourth-order valence-corrected chi connectivity index (χ4v) is 4.01. The van der Waals surface area contributed by atoms with E-state index in [9.17, 15) is 9.59 Å². The van der Waals surface area contributed by atoms with Crippen LogP contribution in [0.3, 0.4) is 0 Å².